The van der Waals surface area contributed by atoms with Gasteiger partial charge in [-0.3, -0.25) is 4.90 Å². The third-order valence-corrected chi connectivity index (χ3v) is 4.18. The van der Waals surface area contributed by atoms with Crippen molar-refractivity contribution in [3.05, 3.63) is 53.6 Å². The third-order valence-electron chi connectivity index (χ3n) is 4.18. The monoisotopic (exact) mass is 267 g/mol. The van der Waals surface area contributed by atoms with Crippen LogP contribution in [0.3, 0.4) is 0 Å². The lowest BCUT2D eigenvalue weighted by atomic mass is 9.90. The smallest absolute Gasteiger partial charge is 0.127 e. The van der Waals surface area contributed by atoms with Gasteiger partial charge in [0.2, 0.25) is 0 Å². The lowest BCUT2D eigenvalue weighted by Crippen LogP contribution is -2.30. The molecule has 2 nitrogen and oxygen atoms in total. The highest BCUT2D eigenvalue weighted by Gasteiger charge is 2.21. The van der Waals surface area contributed by atoms with E-state index in [4.69, 9.17) is 4.74 Å². The van der Waals surface area contributed by atoms with Gasteiger partial charge >= 0.3 is 0 Å². The third kappa shape index (κ3) is 2.32. The molecular formula is C18H21NO. The molecule has 0 radical (unpaired) electrons. The van der Waals surface area contributed by atoms with E-state index < -0.39 is 0 Å². The van der Waals surface area contributed by atoms with Crippen molar-refractivity contribution in [1.29, 1.82) is 0 Å². The van der Waals surface area contributed by atoms with E-state index in [0.717, 1.165) is 31.8 Å². The summed E-state index contributed by atoms with van der Waals surface area (Å²) >= 11 is 0. The van der Waals surface area contributed by atoms with Crippen LogP contribution in [0.4, 0.5) is 0 Å². The second-order valence-corrected chi connectivity index (χ2v) is 5.27. The predicted molar refractivity (Wildman–Crippen MR) is 83.1 cm³/mol. The summed E-state index contributed by atoms with van der Waals surface area (Å²) in [6, 6.07) is 14.9. The molecule has 3 rings (SSSR count). The number of hydrogen-bond acceptors (Lipinski definition) is 2. The minimum absolute atomic E-state index is 0.980. The summed E-state index contributed by atoms with van der Waals surface area (Å²) in [4.78, 5) is 2.49. The molecule has 0 bridgehead atoms. The molecule has 0 N–H and O–H groups in total. The SMILES string of the molecule is CCN1CCc2ccc(OC)c(-c3ccccc3)c2C1. The largest absolute Gasteiger partial charge is 0.496 e. The maximum absolute atomic E-state index is 5.62. The predicted octanol–water partition coefficient (Wildman–Crippen LogP) is 3.74. The zero-order chi connectivity index (χ0) is 13.9. The summed E-state index contributed by atoms with van der Waals surface area (Å²) in [7, 11) is 1.76. The summed E-state index contributed by atoms with van der Waals surface area (Å²) in [5, 5.41) is 0. The Kier molecular flexibility index (Phi) is 3.75. The molecule has 0 amide bonds. The molecule has 0 saturated heterocycles. The van der Waals surface area contributed by atoms with E-state index in [1.54, 1.807) is 7.11 Å². The standard InChI is InChI=1S/C18H21NO/c1-3-19-12-11-14-9-10-17(20-2)18(16(14)13-19)15-7-5-4-6-8-15/h4-10H,3,11-13H2,1-2H3. The van der Waals surface area contributed by atoms with E-state index in [1.807, 2.05) is 0 Å². The van der Waals surface area contributed by atoms with Crippen LogP contribution >= 0.6 is 0 Å². The lowest BCUT2D eigenvalue weighted by molar-refractivity contribution is 0.268. The van der Waals surface area contributed by atoms with Crippen molar-refractivity contribution in [2.75, 3.05) is 20.2 Å². The molecule has 1 aliphatic heterocycles. The van der Waals surface area contributed by atoms with Crippen LogP contribution < -0.4 is 4.74 Å². The van der Waals surface area contributed by atoms with Gasteiger partial charge in [0.05, 0.1) is 7.11 Å². The Morgan fingerprint density at radius 3 is 2.60 bits per heavy atom. The van der Waals surface area contributed by atoms with Crippen LogP contribution in [-0.4, -0.2) is 25.1 Å². The first-order chi connectivity index (χ1) is 9.83. The molecule has 0 atom stereocenters. The van der Waals surface area contributed by atoms with Gasteiger partial charge in [-0.15, -0.1) is 0 Å². The van der Waals surface area contributed by atoms with Gasteiger partial charge in [0.25, 0.3) is 0 Å². The van der Waals surface area contributed by atoms with Crippen LogP contribution in [0, 0.1) is 0 Å². The number of fused-ring (bicyclic) bond motifs is 1. The van der Waals surface area contributed by atoms with Crippen LogP contribution in [0.15, 0.2) is 42.5 Å². The Hall–Kier alpha value is -1.80. The Morgan fingerprint density at radius 1 is 1.10 bits per heavy atom. The number of methoxy groups -OCH3 is 1. The first kappa shape index (κ1) is 13.2. The minimum atomic E-state index is 0.980. The summed E-state index contributed by atoms with van der Waals surface area (Å²) < 4.78 is 5.62. The van der Waals surface area contributed by atoms with Crippen LogP contribution in [0.25, 0.3) is 11.1 Å². The van der Waals surface area contributed by atoms with E-state index in [2.05, 4.69) is 54.3 Å². The highest BCUT2D eigenvalue weighted by atomic mass is 16.5. The van der Waals surface area contributed by atoms with Crippen molar-refractivity contribution in [1.82, 2.24) is 4.90 Å². The minimum Gasteiger partial charge on any atom is -0.496 e. The average molecular weight is 267 g/mol. The fourth-order valence-corrected chi connectivity index (χ4v) is 3.03. The van der Waals surface area contributed by atoms with E-state index in [0.29, 0.717) is 0 Å². The van der Waals surface area contributed by atoms with Gasteiger partial charge in [-0.25, -0.2) is 0 Å². The molecule has 104 valence electrons. The number of hydrogen-bond donors (Lipinski definition) is 0. The maximum Gasteiger partial charge on any atom is 0.127 e. The quantitative estimate of drug-likeness (QED) is 0.840. The van der Waals surface area contributed by atoms with Crippen molar-refractivity contribution < 1.29 is 4.74 Å². The molecule has 2 aromatic rings. The van der Waals surface area contributed by atoms with Crippen molar-refractivity contribution in [2.45, 2.75) is 19.9 Å². The molecule has 0 spiro atoms. The second-order valence-electron chi connectivity index (χ2n) is 5.27. The van der Waals surface area contributed by atoms with Crippen molar-refractivity contribution in [3.8, 4) is 16.9 Å². The Bertz CT molecular complexity index is 592. The van der Waals surface area contributed by atoms with Gasteiger partial charge in [-0.1, -0.05) is 43.3 Å². The van der Waals surface area contributed by atoms with E-state index in [9.17, 15) is 0 Å². The number of likely N-dealkylation sites (N-methyl/N-ethyl adjacent to an activating group) is 1. The van der Waals surface area contributed by atoms with Gasteiger partial charge in [-0.05, 0) is 35.7 Å². The molecule has 0 saturated carbocycles. The molecule has 0 aliphatic carbocycles. The van der Waals surface area contributed by atoms with E-state index >= 15 is 0 Å². The van der Waals surface area contributed by atoms with Crippen molar-refractivity contribution >= 4 is 0 Å². The highest BCUT2D eigenvalue weighted by Crippen LogP contribution is 2.37. The van der Waals surface area contributed by atoms with Gasteiger partial charge in [0.1, 0.15) is 5.75 Å². The summed E-state index contributed by atoms with van der Waals surface area (Å²) in [5.74, 6) is 0.980. The van der Waals surface area contributed by atoms with E-state index in [1.165, 1.54) is 22.3 Å². The lowest BCUT2D eigenvalue weighted by Gasteiger charge is -2.30. The van der Waals surface area contributed by atoms with E-state index in [-0.39, 0.29) is 0 Å². The zero-order valence-electron chi connectivity index (χ0n) is 12.2. The number of nitrogens with zero attached hydrogens (tertiary/aromatic N) is 1. The normalized spacial score (nSPS) is 14.9. The fourth-order valence-electron chi connectivity index (χ4n) is 3.03. The molecule has 0 unspecified atom stereocenters. The van der Waals surface area contributed by atoms with Crippen LogP contribution in [-0.2, 0) is 13.0 Å². The Balaban J connectivity index is 2.16. The fraction of sp³-hybridized carbons (Fsp3) is 0.333. The summed E-state index contributed by atoms with van der Waals surface area (Å²) in [6.07, 6.45) is 1.13. The van der Waals surface area contributed by atoms with Crippen molar-refractivity contribution in [3.63, 3.8) is 0 Å². The molecular weight excluding hydrogens is 246 g/mol. The van der Waals surface area contributed by atoms with Crippen LogP contribution in [0.1, 0.15) is 18.1 Å². The highest BCUT2D eigenvalue weighted by molar-refractivity contribution is 5.75. The summed E-state index contributed by atoms with van der Waals surface area (Å²) in [6.45, 7) is 5.51. The molecule has 2 heteroatoms. The van der Waals surface area contributed by atoms with Gasteiger partial charge < -0.3 is 4.74 Å². The molecule has 0 fully saturated rings. The Labute approximate surface area is 121 Å². The van der Waals surface area contributed by atoms with Crippen LogP contribution in [0.2, 0.25) is 0 Å². The Morgan fingerprint density at radius 2 is 1.90 bits per heavy atom. The first-order valence-corrected chi connectivity index (χ1v) is 7.30. The number of rotatable bonds is 3. The summed E-state index contributed by atoms with van der Waals surface area (Å²) in [5.41, 5.74) is 5.42. The van der Waals surface area contributed by atoms with Gasteiger partial charge in [0, 0.05) is 18.7 Å². The molecule has 2 aromatic carbocycles. The number of benzene rings is 2. The zero-order valence-corrected chi connectivity index (χ0v) is 12.2. The molecule has 1 aliphatic rings. The van der Waals surface area contributed by atoms with Gasteiger partial charge in [0.15, 0.2) is 0 Å². The average Bonchev–Trinajstić information content (AvgIpc) is 2.53. The number of ether oxygens (including phenoxy) is 1. The molecule has 20 heavy (non-hydrogen) atoms. The first-order valence-electron chi connectivity index (χ1n) is 7.30. The molecule has 0 aromatic heterocycles. The van der Waals surface area contributed by atoms with Crippen LogP contribution in [0.5, 0.6) is 5.75 Å². The van der Waals surface area contributed by atoms with Gasteiger partial charge in [-0.2, -0.15) is 0 Å². The topological polar surface area (TPSA) is 12.5 Å². The van der Waals surface area contributed by atoms with Crippen molar-refractivity contribution in [2.24, 2.45) is 0 Å². The second kappa shape index (κ2) is 5.68. The molecule has 1 heterocycles. The maximum atomic E-state index is 5.62.